The van der Waals surface area contributed by atoms with Gasteiger partial charge in [-0.15, -0.1) is 0 Å². The van der Waals surface area contributed by atoms with Crippen molar-refractivity contribution in [3.63, 3.8) is 0 Å². The number of rotatable bonds is 1. The van der Waals surface area contributed by atoms with Crippen LogP contribution in [0.3, 0.4) is 0 Å². The smallest absolute Gasteiger partial charge is 0.191 e. The molecule has 1 aliphatic carbocycles. The van der Waals surface area contributed by atoms with E-state index in [1.807, 2.05) is 27.0 Å². The monoisotopic (exact) mass is 361 g/mol. The molecule has 0 spiro atoms. The van der Waals surface area contributed by atoms with Crippen molar-refractivity contribution in [1.29, 1.82) is 15.8 Å². The van der Waals surface area contributed by atoms with Crippen molar-refractivity contribution >= 4 is 0 Å². The first kappa shape index (κ1) is 18.6. The van der Waals surface area contributed by atoms with Crippen LogP contribution in [0.1, 0.15) is 25.3 Å². The lowest BCUT2D eigenvalue weighted by atomic mass is 9.51. The highest BCUT2D eigenvalue weighted by atomic mass is 19.1. The molecule has 0 aromatic heterocycles. The summed E-state index contributed by atoms with van der Waals surface area (Å²) in [4.78, 5) is 2.11. The molecule has 3 rings (SSSR count). The van der Waals surface area contributed by atoms with E-state index in [0.717, 1.165) is 5.57 Å². The van der Waals surface area contributed by atoms with Crippen LogP contribution in [0, 0.1) is 50.6 Å². The zero-order chi connectivity index (χ0) is 20.0. The molecule has 0 unspecified atom stereocenters. The topological polar surface area (TPSA) is 101 Å². The molecule has 0 radical (unpaired) electrons. The van der Waals surface area contributed by atoms with Crippen LogP contribution >= 0.6 is 0 Å². The fourth-order valence-corrected chi connectivity index (χ4v) is 4.57. The fourth-order valence-electron chi connectivity index (χ4n) is 4.57. The second-order valence-electron chi connectivity index (χ2n) is 7.57. The number of nitrogens with zero attached hydrogens (tertiary/aromatic N) is 4. The number of fused-ring (bicyclic) bond motifs is 1. The van der Waals surface area contributed by atoms with Crippen LogP contribution in [0.25, 0.3) is 0 Å². The lowest BCUT2D eigenvalue weighted by Gasteiger charge is -2.53. The third kappa shape index (κ3) is 2.44. The van der Waals surface area contributed by atoms with Crippen LogP contribution < -0.4 is 5.73 Å². The van der Waals surface area contributed by atoms with Gasteiger partial charge in [0, 0.05) is 23.9 Å². The fraction of sp³-hybridized carbons (Fsp3) is 0.381. The molecular formula is C21H20FN5. The van der Waals surface area contributed by atoms with Crippen molar-refractivity contribution in [3.8, 4) is 18.2 Å². The van der Waals surface area contributed by atoms with Crippen molar-refractivity contribution in [1.82, 2.24) is 4.90 Å². The molecule has 1 aromatic rings. The molecule has 1 aliphatic heterocycles. The van der Waals surface area contributed by atoms with Crippen LogP contribution in [0.5, 0.6) is 0 Å². The van der Waals surface area contributed by atoms with E-state index < -0.39 is 22.6 Å². The zero-order valence-corrected chi connectivity index (χ0v) is 15.5. The van der Waals surface area contributed by atoms with Crippen LogP contribution in [-0.2, 0) is 0 Å². The Kier molecular flexibility index (Phi) is 4.31. The van der Waals surface area contributed by atoms with Gasteiger partial charge in [0.2, 0.25) is 0 Å². The second-order valence-corrected chi connectivity index (χ2v) is 7.57. The lowest BCUT2D eigenvalue weighted by molar-refractivity contribution is 0.124. The van der Waals surface area contributed by atoms with Gasteiger partial charge in [0.1, 0.15) is 11.9 Å². The Morgan fingerprint density at radius 1 is 1.19 bits per heavy atom. The number of allylic oxidation sites excluding steroid dienone is 2. The van der Waals surface area contributed by atoms with E-state index in [9.17, 15) is 20.2 Å². The first-order chi connectivity index (χ1) is 12.7. The molecule has 6 heteroatoms. The van der Waals surface area contributed by atoms with E-state index in [-0.39, 0.29) is 17.3 Å². The van der Waals surface area contributed by atoms with Gasteiger partial charge < -0.3 is 5.73 Å². The van der Waals surface area contributed by atoms with Gasteiger partial charge in [-0.2, -0.15) is 15.8 Å². The first-order valence-corrected chi connectivity index (χ1v) is 8.66. The maximum atomic E-state index is 13.5. The predicted octanol–water partition coefficient (Wildman–Crippen LogP) is 2.96. The number of nitriles is 3. The van der Waals surface area contributed by atoms with E-state index in [2.05, 4.69) is 23.1 Å². The van der Waals surface area contributed by atoms with E-state index in [1.54, 1.807) is 12.1 Å². The summed E-state index contributed by atoms with van der Waals surface area (Å²) in [6.45, 7) is 4.50. The standard InChI is InChI=1S/C21H20FN5/c1-13-8-17-16(9-23)19(26)21(10-24,11-25)18(20(17,2)12-27(13)3)14-4-6-15(22)7-5-14/h4-8,13,18H,12,26H2,1-3H3/t13-,18+,20-/m0/s1. The third-order valence-corrected chi connectivity index (χ3v) is 6.00. The van der Waals surface area contributed by atoms with Crippen molar-refractivity contribution in [2.45, 2.75) is 25.8 Å². The van der Waals surface area contributed by atoms with E-state index in [4.69, 9.17) is 5.73 Å². The van der Waals surface area contributed by atoms with Gasteiger partial charge in [0.05, 0.1) is 23.4 Å². The molecule has 0 fully saturated rings. The summed E-state index contributed by atoms with van der Waals surface area (Å²) in [5.74, 6) is -1.04. The maximum absolute atomic E-state index is 13.5. The van der Waals surface area contributed by atoms with Crippen LogP contribution in [-0.4, -0.2) is 24.5 Å². The van der Waals surface area contributed by atoms with Crippen molar-refractivity contribution in [2.75, 3.05) is 13.6 Å². The Morgan fingerprint density at radius 2 is 1.78 bits per heavy atom. The van der Waals surface area contributed by atoms with Crippen LogP contribution in [0.2, 0.25) is 0 Å². The van der Waals surface area contributed by atoms with Gasteiger partial charge in [-0.25, -0.2) is 4.39 Å². The molecule has 0 saturated heterocycles. The van der Waals surface area contributed by atoms with Gasteiger partial charge in [0.15, 0.2) is 5.41 Å². The van der Waals surface area contributed by atoms with E-state index >= 15 is 0 Å². The zero-order valence-electron chi connectivity index (χ0n) is 15.5. The van der Waals surface area contributed by atoms with Gasteiger partial charge in [-0.1, -0.05) is 25.1 Å². The predicted molar refractivity (Wildman–Crippen MR) is 97.9 cm³/mol. The van der Waals surface area contributed by atoms with E-state index in [1.165, 1.54) is 12.1 Å². The molecule has 1 aromatic carbocycles. The van der Waals surface area contributed by atoms with Crippen molar-refractivity contribution in [2.24, 2.45) is 16.6 Å². The van der Waals surface area contributed by atoms with Crippen LogP contribution in [0.15, 0.2) is 47.2 Å². The third-order valence-electron chi connectivity index (χ3n) is 6.00. The van der Waals surface area contributed by atoms with Gasteiger partial charge in [-0.05, 0) is 37.2 Å². The molecule has 3 atom stereocenters. The van der Waals surface area contributed by atoms with E-state index in [0.29, 0.717) is 12.1 Å². The number of benzene rings is 1. The summed E-state index contributed by atoms with van der Waals surface area (Å²) in [6, 6.07) is 12.2. The summed E-state index contributed by atoms with van der Waals surface area (Å²) < 4.78 is 13.5. The highest BCUT2D eigenvalue weighted by Crippen LogP contribution is 2.60. The number of hydrogen-bond acceptors (Lipinski definition) is 5. The molecule has 1 heterocycles. The number of likely N-dealkylation sites (N-methyl/N-ethyl adjacent to an activating group) is 1. The maximum Gasteiger partial charge on any atom is 0.191 e. The Labute approximate surface area is 158 Å². The molecule has 2 N–H and O–H groups in total. The Bertz CT molecular complexity index is 956. The van der Waals surface area contributed by atoms with Gasteiger partial charge in [-0.3, -0.25) is 4.90 Å². The largest absolute Gasteiger partial charge is 0.399 e. The minimum Gasteiger partial charge on any atom is -0.399 e. The lowest BCUT2D eigenvalue weighted by Crippen LogP contribution is -2.54. The minimum absolute atomic E-state index is 0.0233. The Morgan fingerprint density at radius 3 is 2.30 bits per heavy atom. The minimum atomic E-state index is -1.71. The molecule has 2 aliphatic rings. The summed E-state index contributed by atoms with van der Waals surface area (Å²) in [5, 5.41) is 29.8. The van der Waals surface area contributed by atoms with Crippen molar-refractivity contribution < 1.29 is 4.39 Å². The summed E-state index contributed by atoms with van der Waals surface area (Å²) in [6.07, 6.45) is 1.98. The highest BCUT2D eigenvalue weighted by Gasteiger charge is 2.60. The van der Waals surface area contributed by atoms with Gasteiger partial charge in [0.25, 0.3) is 0 Å². The molecular weight excluding hydrogens is 341 g/mol. The molecule has 0 bridgehead atoms. The second kappa shape index (κ2) is 6.23. The quantitative estimate of drug-likeness (QED) is 0.829. The van der Waals surface area contributed by atoms with Gasteiger partial charge >= 0.3 is 0 Å². The number of halogens is 1. The molecule has 5 nitrogen and oxygen atoms in total. The number of nitrogens with two attached hydrogens (primary N) is 1. The summed E-state index contributed by atoms with van der Waals surface area (Å²) >= 11 is 0. The number of hydrogen-bond donors (Lipinski definition) is 1. The average molecular weight is 361 g/mol. The summed E-state index contributed by atoms with van der Waals surface area (Å²) in [7, 11) is 1.96. The SMILES string of the molecule is C[C@H]1C=C2C(C#N)=C(N)C(C#N)(C#N)[C@H](c3ccc(F)cc3)[C@@]2(C)CN1C. The Balaban J connectivity index is 2.42. The highest BCUT2D eigenvalue weighted by molar-refractivity contribution is 5.61. The molecule has 0 saturated carbocycles. The average Bonchev–Trinajstić information content (AvgIpc) is 2.65. The molecule has 136 valence electrons. The van der Waals surface area contributed by atoms with Crippen molar-refractivity contribution in [3.05, 3.63) is 58.6 Å². The molecule has 27 heavy (non-hydrogen) atoms. The normalized spacial score (nSPS) is 29.7. The summed E-state index contributed by atoms with van der Waals surface area (Å²) in [5.41, 5.74) is 5.44. The first-order valence-electron chi connectivity index (χ1n) is 8.66. The van der Waals surface area contributed by atoms with Crippen LogP contribution in [0.4, 0.5) is 4.39 Å². The molecule has 0 amide bonds. The Hall–Kier alpha value is -3.14.